The summed E-state index contributed by atoms with van der Waals surface area (Å²) in [4.78, 5) is 26.0. The maximum Gasteiger partial charge on any atom is 0.310 e. The van der Waals surface area contributed by atoms with E-state index in [1.807, 2.05) is 62.4 Å². The van der Waals surface area contributed by atoms with Crippen LogP contribution in [0.2, 0.25) is 0 Å². The van der Waals surface area contributed by atoms with Crippen LogP contribution in [0.3, 0.4) is 0 Å². The summed E-state index contributed by atoms with van der Waals surface area (Å²) in [6.45, 7) is 8.68. The monoisotopic (exact) mass is 597 g/mol. The zero-order chi connectivity index (χ0) is 31.8. The van der Waals surface area contributed by atoms with Crippen LogP contribution in [0.5, 0.6) is 0 Å². The summed E-state index contributed by atoms with van der Waals surface area (Å²) in [7, 11) is 0. The minimum Gasteiger partial charge on any atom is -0.466 e. The third kappa shape index (κ3) is 7.87. The first-order chi connectivity index (χ1) is 21.8. The molecule has 5 heteroatoms. The predicted octanol–water partition coefficient (Wildman–Crippen LogP) is 9.32. The van der Waals surface area contributed by atoms with Gasteiger partial charge in [-0.05, 0) is 109 Å². The Morgan fingerprint density at radius 3 is 1.20 bits per heavy atom. The number of ether oxygens (including phenoxy) is 2. The summed E-state index contributed by atoms with van der Waals surface area (Å²) >= 11 is 0. The average molecular weight is 598 g/mol. The molecule has 45 heavy (non-hydrogen) atoms. The Morgan fingerprint density at radius 1 is 0.489 bits per heavy atom. The van der Waals surface area contributed by atoms with E-state index in [0.29, 0.717) is 13.2 Å². The molecule has 0 unspecified atom stereocenters. The molecule has 0 aromatic heterocycles. The van der Waals surface area contributed by atoms with E-state index in [2.05, 4.69) is 85.5 Å². The first kappa shape index (κ1) is 31.3. The maximum atomic E-state index is 11.9. The lowest BCUT2D eigenvalue weighted by atomic mass is 10.0. The second-order valence-electron chi connectivity index (χ2n) is 11.1. The molecule has 0 aliphatic heterocycles. The molecule has 0 atom stereocenters. The van der Waals surface area contributed by atoms with Gasteiger partial charge in [0.25, 0.3) is 0 Å². The van der Waals surface area contributed by atoms with Crippen LogP contribution in [0.15, 0.2) is 115 Å². The van der Waals surface area contributed by atoms with Crippen LogP contribution in [-0.2, 0) is 31.9 Å². The van der Waals surface area contributed by atoms with Gasteiger partial charge in [0, 0.05) is 17.1 Å². The van der Waals surface area contributed by atoms with E-state index in [1.165, 1.54) is 11.1 Å². The Kier molecular flexibility index (Phi) is 10.1. The Balaban J connectivity index is 1.40. The van der Waals surface area contributed by atoms with Crippen molar-refractivity contribution in [3.63, 3.8) is 0 Å². The molecule has 5 rings (SSSR count). The average Bonchev–Trinajstić information content (AvgIpc) is 3.05. The Hall–Kier alpha value is -5.16. The van der Waals surface area contributed by atoms with Crippen molar-refractivity contribution in [3.8, 4) is 22.3 Å². The first-order valence-electron chi connectivity index (χ1n) is 15.4. The summed E-state index contributed by atoms with van der Waals surface area (Å²) in [6.07, 6.45) is 0.551. The molecule has 0 saturated carbocycles. The summed E-state index contributed by atoms with van der Waals surface area (Å²) in [5.74, 6) is -0.420. The van der Waals surface area contributed by atoms with Gasteiger partial charge in [0.1, 0.15) is 0 Å². The number of nitrogens with zero attached hydrogens (tertiary/aromatic N) is 1. The molecule has 0 spiro atoms. The second kappa shape index (κ2) is 14.5. The van der Waals surface area contributed by atoms with E-state index in [-0.39, 0.29) is 24.8 Å². The van der Waals surface area contributed by atoms with Crippen molar-refractivity contribution in [2.24, 2.45) is 0 Å². The fraction of sp³-hybridized carbons (Fsp3) is 0.200. The van der Waals surface area contributed by atoms with Crippen LogP contribution in [-0.4, -0.2) is 25.2 Å². The highest BCUT2D eigenvalue weighted by atomic mass is 16.5. The Bertz CT molecular complexity index is 1630. The number of benzene rings is 5. The van der Waals surface area contributed by atoms with Crippen molar-refractivity contribution >= 4 is 29.0 Å². The predicted molar refractivity (Wildman–Crippen MR) is 182 cm³/mol. The lowest BCUT2D eigenvalue weighted by Gasteiger charge is -2.26. The number of carbonyl (C=O) groups is 2. The summed E-state index contributed by atoms with van der Waals surface area (Å²) in [5, 5.41) is 0. The van der Waals surface area contributed by atoms with E-state index < -0.39 is 0 Å². The van der Waals surface area contributed by atoms with Gasteiger partial charge in [0.15, 0.2) is 0 Å². The first-order valence-corrected chi connectivity index (χ1v) is 15.4. The van der Waals surface area contributed by atoms with E-state index in [4.69, 9.17) is 9.47 Å². The van der Waals surface area contributed by atoms with Gasteiger partial charge in [-0.25, -0.2) is 0 Å². The van der Waals surface area contributed by atoms with Gasteiger partial charge in [-0.2, -0.15) is 0 Å². The highest BCUT2D eigenvalue weighted by Gasteiger charge is 2.14. The van der Waals surface area contributed by atoms with Gasteiger partial charge >= 0.3 is 11.9 Å². The molecule has 0 saturated heterocycles. The molecule has 0 fully saturated rings. The lowest BCUT2D eigenvalue weighted by Crippen LogP contribution is -2.10. The summed E-state index contributed by atoms with van der Waals surface area (Å²) in [5.41, 5.74) is 11.9. The fourth-order valence-electron chi connectivity index (χ4n) is 5.31. The molecule has 5 nitrogen and oxygen atoms in total. The molecule has 0 bridgehead atoms. The van der Waals surface area contributed by atoms with E-state index in [9.17, 15) is 9.59 Å². The minimum atomic E-state index is -0.210. The third-order valence-electron chi connectivity index (χ3n) is 7.88. The van der Waals surface area contributed by atoms with Crippen LogP contribution in [0.25, 0.3) is 22.3 Å². The molecule has 228 valence electrons. The van der Waals surface area contributed by atoms with Crippen LogP contribution in [0, 0.1) is 13.8 Å². The minimum absolute atomic E-state index is 0.210. The van der Waals surface area contributed by atoms with Crippen molar-refractivity contribution in [3.05, 3.63) is 138 Å². The van der Waals surface area contributed by atoms with E-state index in [0.717, 1.165) is 50.4 Å². The van der Waals surface area contributed by atoms with Crippen molar-refractivity contribution < 1.29 is 19.1 Å². The number of hydrogen-bond acceptors (Lipinski definition) is 5. The molecule has 0 amide bonds. The molecule has 0 aliphatic rings. The van der Waals surface area contributed by atoms with Crippen LogP contribution >= 0.6 is 0 Å². The van der Waals surface area contributed by atoms with Crippen molar-refractivity contribution in [1.82, 2.24) is 0 Å². The second-order valence-corrected chi connectivity index (χ2v) is 11.1. The smallest absolute Gasteiger partial charge is 0.310 e. The Labute approximate surface area is 266 Å². The van der Waals surface area contributed by atoms with E-state index in [1.54, 1.807) is 0 Å². The number of hydrogen-bond donors (Lipinski definition) is 0. The van der Waals surface area contributed by atoms with Crippen LogP contribution in [0.1, 0.15) is 36.1 Å². The lowest BCUT2D eigenvalue weighted by molar-refractivity contribution is -0.143. The van der Waals surface area contributed by atoms with Crippen molar-refractivity contribution in [2.45, 2.75) is 40.5 Å². The highest BCUT2D eigenvalue weighted by molar-refractivity contribution is 5.80. The topological polar surface area (TPSA) is 55.8 Å². The number of anilines is 3. The highest BCUT2D eigenvalue weighted by Crippen LogP contribution is 2.37. The van der Waals surface area contributed by atoms with Gasteiger partial charge in [-0.15, -0.1) is 0 Å². The molecule has 0 heterocycles. The number of aryl methyl sites for hydroxylation is 2. The third-order valence-corrected chi connectivity index (χ3v) is 7.88. The van der Waals surface area contributed by atoms with Crippen molar-refractivity contribution in [2.75, 3.05) is 18.1 Å². The van der Waals surface area contributed by atoms with Crippen LogP contribution in [0.4, 0.5) is 17.1 Å². The molecule has 0 radical (unpaired) electrons. The van der Waals surface area contributed by atoms with Gasteiger partial charge in [-0.3, -0.25) is 9.59 Å². The van der Waals surface area contributed by atoms with Gasteiger partial charge < -0.3 is 14.4 Å². The van der Waals surface area contributed by atoms with E-state index >= 15 is 0 Å². The number of carbonyl (C=O) groups excluding carboxylic acids is 2. The number of esters is 2. The molecular formula is C40H39NO4. The fourth-order valence-corrected chi connectivity index (χ4v) is 5.31. The zero-order valence-corrected chi connectivity index (χ0v) is 26.4. The number of rotatable bonds is 11. The van der Waals surface area contributed by atoms with Crippen LogP contribution < -0.4 is 4.90 Å². The summed E-state index contributed by atoms with van der Waals surface area (Å²) < 4.78 is 10.2. The van der Waals surface area contributed by atoms with Gasteiger partial charge in [-0.1, -0.05) is 78.9 Å². The quantitative estimate of drug-likeness (QED) is 0.142. The largest absolute Gasteiger partial charge is 0.466 e. The SMILES string of the molecule is CCOC(=O)Cc1ccc(-c2ccc(N(c3ccc(-c4ccc(CC(=O)OCC)cc4)cc3)c3ccc(C)c(C)c3)cc2)cc1. The Morgan fingerprint density at radius 2 is 0.844 bits per heavy atom. The van der Waals surface area contributed by atoms with Gasteiger partial charge in [0.05, 0.1) is 26.1 Å². The standard InChI is InChI=1S/C40H39NO4/c1-5-44-39(42)26-30-8-12-32(13-9-30)34-16-21-36(22-17-34)41(38-20-7-28(3)29(4)25-38)37-23-18-35(19-24-37)33-14-10-31(11-15-33)27-40(43)45-6-2/h7-25H,5-6,26-27H2,1-4H3. The summed E-state index contributed by atoms with van der Waals surface area (Å²) in [6, 6.07) is 39.8. The molecule has 0 aliphatic carbocycles. The van der Waals surface area contributed by atoms with Gasteiger partial charge in [0.2, 0.25) is 0 Å². The molecule has 5 aromatic rings. The molecular weight excluding hydrogens is 558 g/mol. The molecule has 0 N–H and O–H groups in total. The zero-order valence-electron chi connectivity index (χ0n) is 26.4. The normalized spacial score (nSPS) is 10.8. The maximum absolute atomic E-state index is 11.9. The molecule has 5 aromatic carbocycles. The van der Waals surface area contributed by atoms with Crippen molar-refractivity contribution in [1.29, 1.82) is 0 Å².